The zero-order valence-electron chi connectivity index (χ0n) is 14.1. The molecule has 0 bridgehead atoms. The maximum absolute atomic E-state index is 5.33. The van der Waals surface area contributed by atoms with Gasteiger partial charge in [-0.1, -0.05) is 41.6 Å². The Kier molecular flexibility index (Phi) is 4.20. The molecule has 2 aromatic carbocycles. The highest BCUT2D eigenvalue weighted by Gasteiger charge is 2.10. The monoisotopic (exact) mass is 346 g/mol. The summed E-state index contributed by atoms with van der Waals surface area (Å²) in [4.78, 5) is 10.3. The summed E-state index contributed by atoms with van der Waals surface area (Å²) in [5, 5.41) is 1.13. The van der Waals surface area contributed by atoms with E-state index in [9.17, 15) is 0 Å². The van der Waals surface area contributed by atoms with Gasteiger partial charge >= 0.3 is 0 Å². The predicted molar refractivity (Wildman–Crippen MR) is 103 cm³/mol. The third kappa shape index (κ3) is 3.26. The Morgan fingerprint density at radius 3 is 2.72 bits per heavy atom. The van der Waals surface area contributed by atoms with E-state index in [1.54, 1.807) is 18.9 Å². The molecule has 124 valence electrons. The van der Waals surface area contributed by atoms with Crippen LogP contribution in [0.15, 0.2) is 76.7 Å². The molecular formula is C21H18N2OS. The molecule has 0 unspecified atom stereocenters. The first kappa shape index (κ1) is 15.8. The quantitative estimate of drug-likeness (QED) is 0.515. The molecule has 4 aromatic rings. The third-order valence-corrected chi connectivity index (χ3v) is 5.16. The normalized spacial score (nSPS) is 11.0. The van der Waals surface area contributed by atoms with Gasteiger partial charge in [0.2, 0.25) is 0 Å². The minimum Gasteiger partial charge on any atom is -0.497 e. The van der Waals surface area contributed by atoms with Crippen LogP contribution in [0.1, 0.15) is 5.56 Å². The first-order valence-electron chi connectivity index (χ1n) is 8.09. The van der Waals surface area contributed by atoms with Gasteiger partial charge in [-0.05, 0) is 43.3 Å². The summed E-state index contributed by atoms with van der Waals surface area (Å²) in [5.74, 6) is 0.846. The Labute approximate surface area is 151 Å². The van der Waals surface area contributed by atoms with Gasteiger partial charge in [0.15, 0.2) is 0 Å². The van der Waals surface area contributed by atoms with Crippen LogP contribution in [0.2, 0.25) is 0 Å². The van der Waals surface area contributed by atoms with Gasteiger partial charge in [0, 0.05) is 32.6 Å². The number of rotatable bonds is 4. The third-order valence-electron chi connectivity index (χ3n) is 4.09. The van der Waals surface area contributed by atoms with Crippen LogP contribution in [-0.4, -0.2) is 17.1 Å². The Morgan fingerprint density at radius 2 is 1.88 bits per heavy atom. The van der Waals surface area contributed by atoms with Crippen LogP contribution in [0.25, 0.3) is 22.3 Å². The van der Waals surface area contributed by atoms with E-state index in [0.29, 0.717) is 0 Å². The molecule has 0 spiro atoms. The maximum Gasteiger partial charge on any atom is 0.138 e. The van der Waals surface area contributed by atoms with E-state index < -0.39 is 0 Å². The number of nitrogens with one attached hydrogen (secondary N) is 1. The van der Waals surface area contributed by atoms with Crippen molar-refractivity contribution in [2.24, 2.45) is 0 Å². The smallest absolute Gasteiger partial charge is 0.138 e. The molecule has 25 heavy (non-hydrogen) atoms. The molecule has 0 aliphatic carbocycles. The van der Waals surface area contributed by atoms with Crippen molar-refractivity contribution in [3.63, 3.8) is 0 Å². The Morgan fingerprint density at radius 1 is 1.00 bits per heavy atom. The highest BCUT2D eigenvalue weighted by atomic mass is 32.2. The van der Waals surface area contributed by atoms with Gasteiger partial charge in [0.05, 0.1) is 7.11 Å². The zero-order valence-corrected chi connectivity index (χ0v) is 14.9. The second-order valence-corrected chi connectivity index (χ2v) is 7.02. The average Bonchev–Trinajstić information content (AvgIpc) is 3.07. The van der Waals surface area contributed by atoms with Crippen LogP contribution >= 0.6 is 11.8 Å². The molecule has 0 fully saturated rings. The van der Waals surface area contributed by atoms with Gasteiger partial charge in [-0.25, -0.2) is 4.98 Å². The van der Waals surface area contributed by atoms with E-state index in [1.807, 2.05) is 24.4 Å². The SMILES string of the molecule is COc1cccc(-c2cc3c(Sc4cccc(C)c4)ccnc3[nH]2)c1. The van der Waals surface area contributed by atoms with Crippen LogP contribution in [0, 0.1) is 6.92 Å². The lowest BCUT2D eigenvalue weighted by Crippen LogP contribution is -1.83. The number of hydrogen-bond acceptors (Lipinski definition) is 3. The van der Waals surface area contributed by atoms with E-state index in [-0.39, 0.29) is 0 Å². The Bertz CT molecular complexity index is 1040. The number of aromatic nitrogens is 2. The summed E-state index contributed by atoms with van der Waals surface area (Å²) in [6, 6.07) is 20.8. The van der Waals surface area contributed by atoms with Crippen molar-refractivity contribution in [1.29, 1.82) is 0 Å². The molecule has 0 radical (unpaired) electrons. The van der Waals surface area contributed by atoms with Crippen molar-refractivity contribution in [2.75, 3.05) is 7.11 Å². The molecule has 0 saturated carbocycles. The van der Waals surface area contributed by atoms with Gasteiger partial charge < -0.3 is 9.72 Å². The molecule has 2 aromatic heterocycles. The van der Waals surface area contributed by atoms with Gasteiger partial charge in [-0.3, -0.25) is 0 Å². The van der Waals surface area contributed by atoms with Gasteiger partial charge in [-0.2, -0.15) is 0 Å². The van der Waals surface area contributed by atoms with Gasteiger partial charge in [0.1, 0.15) is 11.4 Å². The predicted octanol–water partition coefficient (Wildman–Crippen LogP) is 5.70. The first-order valence-corrected chi connectivity index (χ1v) is 8.91. The number of ether oxygens (including phenoxy) is 1. The number of aromatic amines is 1. The van der Waals surface area contributed by atoms with Crippen LogP contribution < -0.4 is 4.74 Å². The molecule has 3 nitrogen and oxygen atoms in total. The van der Waals surface area contributed by atoms with Gasteiger partial charge in [0.25, 0.3) is 0 Å². The van der Waals surface area contributed by atoms with E-state index in [1.165, 1.54) is 15.4 Å². The van der Waals surface area contributed by atoms with E-state index >= 15 is 0 Å². The van der Waals surface area contributed by atoms with Crippen molar-refractivity contribution in [1.82, 2.24) is 9.97 Å². The summed E-state index contributed by atoms with van der Waals surface area (Å²) in [6.07, 6.45) is 1.85. The minimum atomic E-state index is 0.846. The second kappa shape index (κ2) is 6.65. The lowest BCUT2D eigenvalue weighted by molar-refractivity contribution is 0.415. The molecular weight excluding hydrogens is 328 g/mol. The first-order chi connectivity index (χ1) is 12.2. The van der Waals surface area contributed by atoms with Crippen molar-refractivity contribution < 1.29 is 4.74 Å². The molecule has 0 aliphatic rings. The van der Waals surface area contributed by atoms with Crippen LogP contribution in [-0.2, 0) is 0 Å². The van der Waals surface area contributed by atoms with E-state index in [4.69, 9.17) is 4.74 Å². The largest absolute Gasteiger partial charge is 0.497 e. The fraction of sp³-hybridized carbons (Fsp3) is 0.0952. The number of hydrogen-bond donors (Lipinski definition) is 1. The molecule has 1 N–H and O–H groups in total. The molecule has 0 atom stereocenters. The number of H-pyrrole nitrogens is 1. The highest BCUT2D eigenvalue weighted by Crippen LogP contribution is 2.35. The second-order valence-electron chi connectivity index (χ2n) is 5.90. The molecule has 0 amide bonds. The summed E-state index contributed by atoms with van der Waals surface area (Å²) >= 11 is 1.76. The van der Waals surface area contributed by atoms with E-state index in [2.05, 4.69) is 59.4 Å². The molecule has 4 heteroatoms. The van der Waals surface area contributed by atoms with Crippen LogP contribution in [0.4, 0.5) is 0 Å². The fourth-order valence-corrected chi connectivity index (χ4v) is 3.88. The molecule has 0 aliphatic heterocycles. The van der Waals surface area contributed by atoms with E-state index in [0.717, 1.165) is 28.0 Å². The standard InChI is InChI=1S/C21H18N2OS/c1-14-5-3-8-17(11-14)25-20-9-10-22-21-18(20)13-19(23-21)15-6-4-7-16(12-15)24-2/h3-13H,1-2H3,(H,22,23). The lowest BCUT2D eigenvalue weighted by atomic mass is 10.1. The number of aryl methyl sites for hydroxylation is 1. The lowest BCUT2D eigenvalue weighted by Gasteiger charge is -2.03. The summed E-state index contributed by atoms with van der Waals surface area (Å²) in [6.45, 7) is 2.11. The number of nitrogens with zero attached hydrogens (tertiary/aromatic N) is 1. The number of fused-ring (bicyclic) bond motifs is 1. The summed E-state index contributed by atoms with van der Waals surface area (Å²) in [5.41, 5.74) is 4.29. The number of benzene rings is 2. The van der Waals surface area contributed by atoms with Crippen molar-refractivity contribution in [3.8, 4) is 17.0 Å². The topological polar surface area (TPSA) is 37.9 Å². The fourth-order valence-electron chi connectivity index (χ4n) is 2.84. The maximum atomic E-state index is 5.33. The number of pyridine rings is 1. The minimum absolute atomic E-state index is 0.846. The molecule has 4 rings (SSSR count). The highest BCUT2D eigenvalue weighted by molar-refractivity contribution is 7.99. The van der Waals surface area contributed by atoms with Crippen molar-refractivity contribution >= 4 is 22.8 Å². The number of methoxy groups -OCH3 is 1. The molecule has 2 heterocycles. The average molecular weight is 346 g/mol. The Balaban J connectivity index is 1.75. The zero-order chi connectivity index (χ0) is 17.2. The van der Waals surface area contributed by atoms with Crippen LogP contribution in [0.3, 0.4) is 0 Å². The summed E-state index contributed by atoms with van der Waals surface area (Å²) in [7, 11) is 1.68. The Hall–Kier alpha value is -2.72. The van der Waals surface area contributed by atoms with Crippen molar-refractivity contribution in [3.05, 3.63) is 72.4 Å². The summed E-state index contributed by atoms with van der Waals surface area (Å²) < 4.78 is 5.33. The van der Waals surface area contributed by atoms with Gasteiger partial charge in [-0.15, -0.1) is 0 Å². The van der Waals surface area contributed by atoms with Crippen molar-refractivity contribution in [2.45, 2.75) is 16.7 Å². The molecule has 0 saturated heterocycles. The van der Waals surface area contributed by atoms with Crippen LogP contribution in [0.5, 0.6) is 5.75 Å².